The van der Waals surface area contributed by atoms with Crippen LogP contribution < -0.4 is 0 Å². The third-order valence-electron chi connectivity index (χ3n) is 4.16. The molecule has 0 saturated heterocycles. The number of carbonyl (C=O) groups excluding carboxylic acids is 1. The third kappa shape index (κ3) is 4.69. The number of rotatable bonds is 3. The molecule has 1 rings (SSSR count). The second-order valence-electron chi connectivity index (χ2n) is 6.49. The van der Waals surface area contributed by atoms with Crippen molar-refractivity contribution in [2.45, 2.75) is 60.0 Å². The van der Waals surface area contributed by atoms with Crippen LogP contribution in [0.15, 0.2) is 0 Å². The summed E-state index contributed by atoms with van der Waals surface area (Å²) >= 11 is 0. The summed E-state index contributed by atoms with van der Waals surface area (Å²) in [5.41, 5.74) is 0.0850. The Morgan fingerprint density at radius 3 is 2.22 bits per heavy atom. The standard InChI is InChI=1S/C14H26O2.CH4O/c1-9(2)13(16)7-12-10(3)6-11(15)8-14(12,4)5;1-2/h9-12,15H,6-8H2,1-5H3;2H,1H3. The van der Waals surface area contributed by atoms with Crippen molar-refractivity contribution in [1.29, 1.82) is 0 Å². The molecule has 0 aromatic rings. The molecule has 18 heavy (non-hydrogen) atoms. The molecule has 3 atom stereocenters. The van der Waals surface area contributed by atoms with Gasteiger partial charge in [-0.05, 0) is 30.1 Å². The summed E-state index contributed by atoms with van der Waals surface area (Å²) in [6.07, 6.45) is 2.17. The van der Waals surface area contributed by atoms with E-state index in [-0.39, 0.29) is 17.4 Å². The molecule has 0 heterocycles. The van der Waals surface area contributed by atoms with Crippen molar-refractivity contribution in [3.05, 3.63) is 0 Å². The third-order valence-corrected chi connectivity index (χ3v) is 4.16. The van der Waals surface area contributed by atoms with E-state index in [0.717, 1.165) is 20.0 Å². The lowest BCUT2D eigenvalue weighted by molar-refractivity contribution is -0.126. The highest BCUT2D eigenvalue weighted by molar-refractivity contribution is 5.80. The topological polar surface area (TPSA) is 57.5 Å². The predicted octanol–water partition coefficient (Wildman–Crippen LogP) is 2.64. The zero-order chi connectivity index (χ0) is 14.5. The Hall–Kier alpha value is -0.410. The first kappa shape index (κ1) is 17.6. The zero-order valence-corrected chi connectivity index (χ0v) is 12.7. The molecule has 0 radical (unpaired) electrons. The fourth-order valence-corrected chi connectivity index (χ4v) is 3.14. The minimum atomic E-state index is -0.185. The molecular weight excluding hydrogens is 228 g/mol. The van der Waals surface area contributed by atoms with Crippen LogP contribution in [0.2, 0.25) is 0 Å². The fraction of sp³-hybridized carbons (Fsp3) is 0.933. The van der Waals surface area contributed by atoms with Gasteiger partial charge in [0.25, 0.3) is 0 Å². The molecule has 3 heteroatoms. The van der Waals surface area contributed by atoms with Crippen molar-refractivity contribution in [2.75, 3.05) is 7.11 Å². The SMILES string of the molecule is CC(C)C(=O)CC1C(C)CC(O)CC1(C)C.CO. The molecule has 1 aliphatic rings. The number of hydrogen-bond acceptors (Lipinski definition) is 3. The number of ketones is 1. The zero-order valence-electron chi connectivity index (χ0n) is 12.7. The average Bonchev–Trinajstić information content (AvgIpc) is 2.24. The minimum Gasteiger partial charge on any atom is -0.400 e. The van der Waals surface area contributed by atoms with Gasteiger partial charge in [-0.25, -0.2) is 0 Å². The van der Waals surface area contributed by atoms with E-state index in [0.29, 0.717) is 24.0 Å². The Labute approximate surface area is 112 Å². The summed E-state index contributed by atoms with van der Waals surface area (Å²) in [7, 11) is 1.00. The molecule has 3 unspecified atom stereocenters. The van der Waals surface area contributed by atoms with Crippen LogP contribution in [0.1, 0.15) is 53.9 Å². The molecule has 0 aliphatic heterocycles. The van der Waals surface area contributed by atoms with E-state index in [9.17, 15) is 9.90 Å². The number of hydrogen-bond donors (Lipinski definition) is 2. The van der Waals surface area contributed by atoms with E-state index in [4.69, 9.17) is 5.11 Å². The Morgan fingerprint density at radius 1 is 1.33 bits per heavy atom. The van der Waals surface area contributed by atoms with E-state index in [1.54, 1.807) is 0 Å². The van der Waals surface area contributed by atoms with E-state index in [1.165, 1.54) is 0 Å². The van der Waals surface area contributed by atoms with Crippen LogP contribution in [0, 0.1) is 23.2 Å². The van der Waals surface area contributed by atoms with Crippen molar-refractivity contribution >= 4 is 5.78 Å². The van der Waals surface area contributed by atoms with Gasteiger partial charge in [-0.3, -0.25) is 4.79 Å². The lowest BCUT2D eigenvalue weighted by atomic mass is 9.61. The molecule has 0 bridgehead atoms. The summed E-state index contributed by atoms with van der Waals surface area (Å²) in [5, 5.41) is 16.8. The van der Waals surface area contributed by atoms with E-state index >= 15 is 0 Å². The molecule has 2 N–H and O–H groups in total. The summed E-state index contributed by atoms with van der Waals surface area (Å²) < 4.78 is 0. The van der Waals surface area contributed by atoms with Gasteiger partial charge in [-0.2, -0.15) is 0 Å². The maximum absolute atomic E-state index is 11.9. The van der Waals surface area contributed by atoms with Crippen LogP contribution >= 0.6 is 0 Å². The van der Waals surface area contributed by atoms with Crippen molar-refractivity contribution in [1.82, 2.24) is 0 Å². The second kappa shape index (κ2) is 7.25. The van der Waals surface area contributed by atoms with Crippen LogP contribution in [0.3, 0.4) is 0 Å². The fourth-order valence-electron chi connectivity index (χ4n) is 3.14. The summed E-state index contributed by atoms with van der Waals surface area (Å²) in [6, 6.07) is 0. The first-order valence-electron chi connectivity index (χ1n) is 6.89. The van der Waals surface area contributed by atoms with Gasteiger partial charge in [-0.15, -0.1) is 0 Å². The largest absolute Gasteiger partial charge is 0.400 e. The minimum absolute atomic E-state index is 0.0850. The average molecular weight is 258 g/mol. The molecular formula is C15H30O3. The predicted molar refractivity (Wildman–Crippen MR) is 74.3 cm³/mol. The number of aliphatic hydroxyl groups is 2. The lowest BCUT2D eigenvalue weighted by Crippen LogP contribution is -2.41. The first-order valence-corrected chi connectivity index (χ1v) is 6.89. The normalized spacial score (nSPS) is 30.6. The van der Waals surface area contributed by atoms with Crippen molar-refractivity contribution in [2.24, 2.45) is 23.2 Å². The summed E-state index contributed by atoms with van der Waals surface area (Å²) in [5.74, 6) is 1.36. The first-order chi connectivity index (χ1) is 8.24. The van der Waals surface area contributed by atoms with Crippen LogP contribution in [0.25, 0.3) is 0 Å². The monoisotopic (exact) mass is 258 g/mol. The molecule has 1 saturated carbocycles. The molecule has 0 spiro atoms. The van der Waals surface area contributed by atoms with Crippen molar-refractivity contribution in [3.63, 3.8) is 0 Å². The molecule has 0 amide bonds. The molecule has 0 aromatic heterocycles. The molecule has 0 aromatic carbocycles. The van der Waals surface area contributed by atoms with Gasteiger partial charge in [0.2, 0.25) is 0 Å². The summed E-state index contributed by atoms with van der Waals surface area (Å²) in [4.78, 5) is 11.9. The van der Waals surface area contributed by atoms with Gasteiger partial charge < -0.3 is 10.2 Å². The highest BCUT2D eigenvalue weighted by Gasteiger charge is 2.41. The van der Waals surface area contributed by atoms with Crippen LogP contribution in [-0.2, 0) is 4.79 Å². The van der Waals surface area contributed by atoms with Gasteiger partial charge in [-0.1, -0.05) is 34.6 Å². The molecule has 1 fully saturated rings. The van der Waals surface area contributed by atoms with Gasteiger partial charge in [0, 0.05) is 19.4 Å². The lowest BCUT2D eigenvalue weighted by Gasteiger charge is -2.45. The van der Waals surface area contributed by atoms with Crippen molar-refractivity contribution < 1.29 is 15.0 Å². The van der Waals surface area contributed by atoms with E-state index in [2.05, 4.69) is 20.8 Å². The quantitative estimate of drug-likeness (QED) is 0.818. The molecule has 3 nitrogen and oxygen atoms in total. The Kier molecular flexibility index (Phi) is 7.08. The second-order valence-corrected chi connectivity index (χ2v) is 6.49. The smallest absolute Gasteiger partial charge is 0.135 e. The van der Waals surface area contributed by atoms with Gasteiger partial charge >= 0.3 is 0 Å². The maximum Gasteiger partial charge on any atom is 0.135 e. The number of Topliss-reactive ketones (excluding diaryl/α,β-unsaturated/α-hetero) is 1. The number of aliphatic hydroxyl groups excluding tert-OH is 2. The van der Waals surface area contributed by atoms with Crippen LogP contribution in [-0.4, -0.2) is 29.2 Å². The Balaban J connectivity index is 0.00000137. The summed E-state index contributed by atoms with van der Waals surface area (Å²) in [6.45, 7) is 10.5. The van der Waals surface area contributed by atoms with E-state index in [1.807, 2.05) is 13.8 Å². The molecule has 108 valence electrons. The Morgan fingerprint density at radius 2 is 1.83 bits per heavy atom. The van der Waals surface area contributed by atoms with Crippen LogP contribution in [0.5, 0.6) is 0 Å². The Bertz CT molecular complexity index is 258. The number of carbonyl (C=O) groups is 1. The van der Waals surface area contributed by atoms with E-state index < -0.39 is 0 Å². The van der Waals surface area contributed by atoms with Gasteiger partial charge in [0.05, 0.1) is 6.10 Å². The molecule has 1 aliphatic carbocycles. The maximum atomic E-state index is 11.9. The van der Waals surface area contributed by atoms with Gasteiger partial charge in [0.1, 0.15) is 5.78 Å². The van der Waals surface area contributed by atoms with Crippen LogP contribution in [0.4, 0.5) is 0 Å². The highest BCUT2D eigenvalue weighted by Crippen LogP contribution is 2.46. The van der Waals surface area contributed by atoms with Crippen molar-refractivity contribution in [3.8, 4) is 0 Å². The highest BCUT2D eigenvalue weighted by atomic mass is 16.3. The van der Waals surface area contributed by atoms with Gasteiger partial charge in [0.15, 0.2) is 0 Å².